The summed E-state index contributed by atoms with van der Waals surface area (Å²) in [5.41, 5.74) is 0.484. The highest BCUT2D eigenvalue weighted by molar-refractivity contribution is 7.89. The maximum atomic E-state index is 13.6. The van der Waals surface area contributed by atoms with E-state index in [2.05, 4.69) is 0 Å². The molecule has 2 atom stereocenters. The number of rotatable bonds is 4. The average Bonchev–Trinajstić information content (AvgIpc) is 3.06. The Labute approximate surface area is 180 Å². The monoisotopic (exact) mass is 474 g/mol. The number of hydrogen-bond donors (Lipinski definition) is 0. The third kappa shape index (κ3) is 4.25. The van der Waals surface area contributed by atoms with E-state index in [0.717, 1.165) is 0 Å². The van der Waals surface area contributed by atoms with Gasteiger partial charge in [0.05, 0.1) is 29.4 Å². The summed E-state index contributed by atoms with van der Waals surface area (Å²) >= 11 is 5.85. The van der Waals surface area contributed by atoms with Crippen LogP contribution in [-0.4, -0.2) is 63.0 Å². The van der Waals surface area contributed by atoms with Gasteiger partial charge in [0.15, 0.2) is 0 Å². The molecule has 2 heterocycles. The molecule has 0 bridgehead atoms. The molecule has 2 saturated heterocycles. The van der Waals surface area contributed by atoms with E-state index in [1.807, 2.05) is 0 Å². The summed E-state index contributed by atoms with van der Waals surface area (Å²) < 4.78 is 73.6. The van der Waals surface area contributed by atoms with Gasteiger partial charge < -0.3 is 4.74 Å². The molecule has 2 aliphatic heterocycles. The Morgan fingerprint density at radius 3 is 2.57 bits per heavy atom. The van der Waals surface area contributed by atoms with Gasteiger partial charge in [0.25, 0.3) is 0 Å². The summed E-state index contributed by atoms with van der Waals surface area (Å²) in [7, 11) is -7.57. The van der Waals surface area contributed by atoms with Crippen molar-refractivity contribution in [2.45, 2.75) is 23.6 Å². The molecule has 2 aromatic carbocycles. The number of nitrogens with zero attached hydrogens (tertiary/aromatic N) is 2. The van der Waals surface area contributed by atoms with Crippen LogP contribution in [0.1, 0.15) is 5.56 Å². The summed E-state index contributed by atoms with van der Waals surface area (Å²) in [6, 6.07) is 10.8. The predicted octanol–water partition coefficient (Wildman–Crippen LogP) is 2.08. The SMILES string of the molecule is O=S1(=O)CCO[C@H]2CN(S(=O)(=O)c3ccc(Cl)cc3)C[C@H]2N1Cc1cccc(F)c1. The molecule has 0 spiro atoms. The van der Waals surface area contributed by atoms with Gasteiger partial charge in [0.2, 0.25) is 20.0 Å². The summed E-state index contributed by atoms with van der Waals surface area (Å²) in [4.78, 5) is 0.0721. The zero-order valence-corrected chi connectivity index (χ0v) is 18.2. The van der Waals surface area contributed by atoms with Crippen molar-refractivity contribution in [3.8, 4) is 0 Å². The second-order valence-electron chi connectivity index (χ2n) is 7.24. The van der Waals surface area contributed by atoms with Gasteiger partial charge in [-0.25, -0.2) is 21.2 Å². The van der Waals surface area contributed by atoms with Gasteiger partial charge in [-0.05, 0) is 42.0 Å². The normalized spacial score (nSPS) is 25.0. The van der Waals surface area contributed by atoms with Gasteiger partial charge in [-0.1, -0.05) is 23.7 Å². The molecule has 0 aliphatic carbocycles. The van der Waals surface area contributed by atoms with Crippen LogP contribution in [-0.2, 0) is 31.3 Å². The maximum absolute atomic E-state index is 13.6. The van der Waals surface area contributed by atoms with E-state index < -0.39 is 38.0 Å². The Hall–Kier alpha value is -1.56. The smallest absolute Gasteiger partial charge is 0.243 e. The van der Waals surface area contributed by atoms with Crippen molar-refractivity contribution in [3.05, 3.63) is 64.9 Å². The highest BCUT2D eigenvalue weighted by Gasteiger charge is 2.47. The van der Waals surface area contributed by atoms with Gasteiger partial charge in [-0.3, -0.25) is 0 Å². The first kappa shape index (κ1) is 21.7. The van der Waals surface area contributed by atoms with Gasteiger partial charge >= 0.3 is 0 Å². The predicted molar refractivity (Wildman–Crippen MR) is 109 cm³/mol. The molecule has 2 fully saturated rings. The van der Waals surface area contributed by atoms with Crippen molar-refractivity contribution in [3.63, 3.8) is 0 Å². The fourth-order valence-corrected chi connectivity index (χ4v) is 6.87. The molecular formula is C19H20ClFN2O5S2. The summed E-state index contributed by atoms with van der Waals surface area (Å²) in [6.07, 6.45) is -0.613. The van der Waals surface area contributed by atoms with Crippen LogP contribution in [0, 0.1) is 5.82 Å². The zero-order valence-electron chi connectivity index (χ0n) is 15.8. The first-order valence-electron chi connectivity index (χ1n) is 9.28. The molecule has 162 valence electrons. The second-order valence-corrected chi connectivity index (χ2v) is 11.7. The lowest BCUT2D eigenvalue weighted by Gasteiger charge is -2.28. The lowest BCUT2D eigenvalue weighted by molar-refractivity contribution is 0.0480. The third-order valence-electron chi connectivity index (χ3n) is 5.28. The van der Waals surface area contributed by atoms with E-state index in [0.29, 0.717) is 10.6 Å². The van der Waals surface area contributed by atoms with Crippen molar-refractivity contribution in [1.29, 1.82) is 0 Å². The standard InChI is InChI=1S/C19H20ClFN2O5S2/c20-15-4-6-17(7-5-15)30(26,27)22-12-18-19(13-22)28-8-9-29(24,25)23(18)11-14-2-1-3-16(21)10-14/h1-7,10,18-19H,8-9,11-13H2/t18-,19+/m1/s1. The third-order valence-corrected chi connectivity index (χ3v) is 9.18. The fraction of sp³-hybridized carbons (Fsp3) is 0.368. The van der Waals surface area contributed by atoms with Crippen molar-refractivity contribution in [1.82, 2.24) is 8.61 Å². The van der Waals surface area contributed by atoms with E-state index in [1.165, 1.54) is 51.1 Å². The molecule has 7 nitrogen and oxygen atoms in total. The molecule has 2 aromatic rings. The summed E-state index contributed by atoms with van der Waals surface area (Å²) in [6.45, 7) is -0.105. The summed E-state index contributed by atoms with van der Waals surface area (Å²) in [5, 5.41) is 0.413. The number of benzene rings is 2. The van der Waals surface area contributed by atoms with Gasteiger partial charge in [-0.2, -0.15) is 8.61 Å². The lowest BCUT2D eigenvalue weighted by atomic mass is 10.1. The van der Waals surface area contributed by atoms with Crippen molar-refractivity contribution in [2.24, 2.45) is 0 Å². The molecule has 0 amide bonds. The van der Waals surface area contributed by atoms with E-state index in [4.69, 9.17) is 16.3 Å². The first-order chi connectivity index (χ1) is 14.2. The van der Waals surface area contributed by atoms with Crippen LogP contribution in [0.15, 0.2) is 53.4 Å². The average molecular weight is 475 g/mol. The Balaban J connectivity index is 1.64. The topological polar surface area (TPSA) is 84.0 Å². The van der Waals surface area contributed by atoms with Crippen LogP contribution in [0.5, 0.6) is 0 Å². The molecule has 0 radical (unpaired) electrons. The molecule has 0 aromatic heterocycles. The van der Waals surface area contributed by atoms with Crippen LogP contribution in [0.3, 0.4) is 0 Å². The zero-order chi connectivity index (χ0) is 21.5. The van der Waals surface area contributed by atoms with E-state index in [1.54, 1.807) is 6.07 Å². The molecule has 30 heavy (non-hydrogen) atoms. The van der Waals surface area contributed by atoms with Crippen molar-refractivity contribution in [2.75, 3.05) is 25.4 Å². The number of sulfonamides is 2. The minimum atomic E-state index is -3.85. The quantitative estimate of drug-likeness (QED) is 0.677. The van der Waals surface area contributed by atoms with E-state index in [-0.39, 0.29) is 36.9 Å². The van der Waals surface area contributed by atoms with Crippen LogP contribution < -0.4 is 0 Å². The molecule has 11 heteroatoms. The number of halogens is 2. The number of ether oxygens (including phenoxy) is 1. The Kier molecular flexibility index (Phi) is 5.90. The number of fused-ring (bicyclic) bond motifs is 1. The van der Waals surface area contributed by atoms with Crippen LogP contribution in [0.4, 0.5) is 4.39 Å². The largest absolute Gasteiger partial charge is 0.374 e. The fourth-order valence-electron chi connectivity index (χ4n) is 3.77. The summed E-state index contributed by atoms with van der Waals surface area (Å²) in [5.74, 6) is -0.676. The van der Waals surface area contributed by atoms with E-state index >= 15 is 0 Å². The minimum absolute atomic E-state index is 0.0298. The second kappa shape index (κ2) is 8.18. The van der Waals surface area contributed by atoms with Gasteiger partial charge in [0, 0.05) is 24.7 Å². The number of hydrogen-bond acceptors (Lipinski definition) is 5. The molecule has 0 saturated carbocycles. The highest BCUT2D eigenvalue weighted by Crippen LogP contribution is 2.30. The molecule has 2 aliphatic rings. The van der Waals surface area contributed by atoms with Gasteiger partial charge in [-0.15, -0.1) is 0 Å². The van der Waals surface area contributed by atoms with Crippen LogP contribution >= 0.6 is 11.6 Å². The Bertz CT molecular complexity index is 1140. The highest BCUT2D eigenvalue weighted by atomic mass is 35.5. The molecule has 0 N–H and O–H groups in total. The van der Waals surface area contributed by atoms with Crippen molar-refractivity contribution < 1.29 is 26.0 Å². The molecular weight excluding hydrogens is 455 g/mol. The van der Waals surface area contributed by atoms with E-state index in [9.17, 15) is 21.2 Å². The first-order valence-corrected chi connectivity index (χ1v) is 12.7. The molecule has 0 unspecified atom stereocenters. The Morgan fingerprint density at radius 1 is 1.13 bits per heavy atom. The lowest BCUT2D eigenvalue weighted by Crippen LogP contribution is -2.45. The van der Waals surface area contributed by atoms with Crippen molar-refractivity contribution >= 4 is 31.6 Å². The maximum Gasteiger partial charge on any atom is 0.243 e. The minimum Gasteiger partial charge on any atom is -0.374 e. The Morgan fingerprint density at radius 2 is 1.87 bits per heavy atom. The molecule has 4 rings (SSSR count). The van der Waals surface area contributed by atoms with Crippen LogP contribution in [0.25, 0.3) is 0 Å². The van der Waals surface area contributed by atoms with Crippen LogP contribution in [0.2, 0.25) is 5.02 Å². The van der Waals surface area contributed by atoms with Gasteiger partial charge in [0.1, 0.15) is 5.82 Å².